The van der Waals surface area contributed by atoms with E-state index in [1.807, 2.05) is 0 Å². The van der Waals surface area contributed by atoms with Gasteiger partial charge in [0.15, 0.2) is 5.84 Å². The molecule has 0 N–H and O–H groups in total. The standard InChI is InChI=1S/C10H13ClN2/c11-13-10(12-13)9-7-2-5-1-6(4-7)8(9)3-5/h5-9H,1-4H2. The van der Waals surface area contributed by atoms with Gasteiger partial charge in [-0.25, -0.2) is 0 Å². The van der Waals surface area contributed by atoms with Crippen molar-refractivity contribution in [2.75, 3.05) is 0 Å². The molecule has 13 heavy (non-hydrogen) atoms. The van der Waals surface area contributed by atoms with Crippen LogP contribution in [0.25, 0.3) is 0 Å². The molecule has 4 saturated carbocycles. The van der Waals surface area contributed by atoms with E-state index in [9.17, 15) is 0 Å². The molecule has 4 fully saturated rings. The van der Waals surface area contributed by atoms with Gasteiger partial charge in [0.05, 0.1) is 0 Å². The van der Waals surface area contributed by atoms with Gasteiger partial charge in [-0.15, -0.1) is 5.10 Å². The lowest BCUT2D eigenvalue weighted by Gasteiger charge is -2.29. The zero-order chi connectivity index (χ0) is 8.58. The first-order chi connectivity index (χ1) is 6.33. The van der Waals surface area contributed by atoms with Gasteiger partial charge in [0, 0.05) is 17.7 Å². The third-order valence-corrected chi connectivity index (χ3v) is 4.94. The summed E-state index contributed by atoms with van der Waals surface area (Å²) in [6.45, 7) is 0. The average molecular weight is 197 g/mol. The van der Waals surface area contributed by atoms with Crippen LogP contribution in [0.1, 0.15) is 25.7 Å². The van der Waals surface area contributed by atoms with Gasteiger partial charge in [-0.2, -0.15) is 4.53 Å². The Morgan fingerprint density at radius 1 is 1.15 bits per heavy atom. The number of nitrogens with zero attached hydrogens (tertiary/aromatic N) is 2. The van der Waals surface area contributed by atoms with Crippen molar-refractivity contribution in [3.8, 4) is 0 Å². The maximum Gasteiger partial charge on any atom is 0.169 e. The van der Waals surface area contributed by atoms with Crippen molar-refractivity contribution >= 4 is 17.6 Å². The second-order valence-corrected chi connectivity index (χ2v) is 5.56. The summed E-state index contributed by atoms with van der Waals surface area (Å²) in [6, 6.07) is 0. The van der Waals surface area contributed by atoms with Crippen molar-refractivity contribution in [2.24, 2.45) is 34.7 Å². The number of hydrogen-bond donors (Lipinski definition) is 0. The molecule has 4 aliphatic carbocycles. The minimum Gasteiger partial charge on any atom is -0.154 e. The summed E-state index contributed by atoms with van der Waals surface area (Å²) in [6.07, 6.45) is 5.90. The fourth-order valence-corrected chi connectivity index (χ4v) is 4.59. The van der Waals surface area contributed by atoms with Crippen LogP contribution in [0.4, 0.5) is 0 Å². The molecule has 70 valence electrons. The van der Waals surface area contributed by atoms with E-state index < -0.39 is 0 Å². The Morgan fingerprint density at radius 2 is 1.92 bits per heavy atom. The van der Waals surface area contributed by atoms with Crippen molar-refractivity contribution < 1.29 is 0 Å². The van der Waals surface area contributed by atoms with E-state index in [0.29, 0.717) is 0 Å². The number of rotatable bonds is 1. The molecule has 5 atom stereocenters. The van der Waals surface area contributed by atoms with E-state index in [2.05, 4.69) is 5.10 Å². The Morgan fingerprint density at radius 3 is 2.62 bits per heavy atom. The predicted octanol–water partition coefficient (Wildman–Crippen LogP) is 2.45. The highest BCUT2D eigenvalue weighted by atomic mass is 35.5. The Labute approximate surface area is 83.0 Å². The zero-order valence-corrected chi connectivity index (χ0v) is 8.24. The van der Waals surface area contributed by atoms with Crippen LogP contribution < -0.4 is 0 Å². The van der Waals surface area contributed by atoms with Gasteiger partial charge < -0.3 is 0 Å². The topological polar surface area (TPSA) is 15.4 Å². The summed E-state index contributed by atoms with van der Waals surface area (Å²) in [4.78, 5) is 0. The molecule has 3 heteroatoms. The fourth-order valence-electron chi connectivity index (χ4n) is 4.40. The van der Waals surface area contributed by atoms with Crippen LogP contribution in [0.15, 0.2) is 5.10 Å². The molecule has 0 spiro atoms. The zero-order valence-electron chi connectivity index (χ0n) is 7.49. The molecule has 0 aromatic carbocycles. The van der Waals surface area contributed by atoms with Crippen molar-refractivity contribution in [3.63, 3.8) is 0 Å². The molecule has 4 bridgehead atoms. The van der Waals surface area contributed by atoms with E-state index in [1.165, 1.54) is 31.5 Å². The highest BCUT2D eigenvalue weighted by molar-refractivity contribution is 6.27. The maximum absolute atomic E-state index is 5.83. The fraction of sp³-hybridized carbons (Fsp3) is 0.900. The summed E-state index contributed by atoms with van der Waals surface area (Å²) >= 11 is 5.83. The van der Waals surface area contributed by atoms with E-state index in [0.717, 1.165) is 29.6 Å². The SMILES string of the molecule is ClN1N=C1C1C2CC3CC(C2)C1C3. The average Bonchev–Trinajstić information content (AvgIpc) is 2.67. The lowest BCUT2D eigenvalue weighted by Crippen LogP contribution is -2.27. The molecule has 0 amide bonds. The molecular formula is C10H13ClN2. The number of hydrogen-bond acceptors (Lipinski definition) is 2. The first-order valence-corrected chi connectivity index (χ1v) is 5.71. The summed E-state index contributed by atoms with van der Waals surface area (Å²) in [5.41, 5.74) is 0. The van der Waals surface area contributed by atoms with E-state index in [-0.39, 0.29) is 0 Å². The summed E-state index contributed by atoms with van der Waals surface area (Å²) in [5, 5.41) is 4.19. The molecule has 0 saturated heterocycles. The lowest BCUT2D eigenvalue weighted by atomic mass is 9.75. The molecule has 5 unspecified atom stereocenters. The minimum atomic E-state index is 0.751. The van der Waals surface area contributed by atoms with Crippen LogP contribution in [0, 0.1) is 29.6 Å². The van der Waals surface area contributed by atoms with Gasteiger partial charge in [-0.3, -0.25) is 0 Å². The number of amidine groups is 1. The van der Waals surface area contributed by atoms with Gasteiger partial charge in [0.1, 0.15) is 0 Å². The van der Waals surface area contributed by atoms with Crippen molar-refractivity contribution in [1.29, 1.82) is 0 Å². The van der Waals surface area contributed by atoms with Crippen LogP contribution >= 0.6 is 11.8 Å². The maximum atomic E-state index is 5.83. The van der Waals surface area contributed by atoms with Crippen molar-refractivity contribution in [3.05, 3.63) is 0 Å². The highest BCUT2D eigenvalue weighted by Gasteiger charge is 2.57. The van der Waals surface area contributed by atoms with Crippen LogP contribution in [0.2, 0.25) is 0 Å². The first-order valence-electron chi connectivity index (χ1n) is 5.37. The largest absolute Gasteiger partial charge is 0.169 e. The van der Waals surface area contributed by atoms with Crippen LogP contribution in [0.3, 0.4) is 0 Å². The Balaban J connectivity index is 1.69. The minimum absolute atomic E-state index is 0.751. The van der Waals surface area contributed by atoms with Crippen LogP contribution in [-0.4, -0.2) is 10.4 Å². The van der Waals surface area contributed by atoms with Gasteiger partial charge in [0.25, 0.3) is 0 Å². The Kier molecular flexibility index (Phi) is 1.12. The van der Waals surface area contributed by atoms with E-state index in [1.54, 1.807) is 4.53 Å². The van der Waals surface area contributed by atoms with E-state index >= 15 is 0 Å². The molecule has 0 aromatic heterocycles. The molecule has 5 rings (SSSR count). The molecule has 1 aliphatic heterocycles. The molecule has 1 heterocycles. The van der Waals surface area contributed by atoms with Gasteiger partial charge in [-0.05, 0) is 49.4 Å². The third-order valence-electron chi connectivity index (χ3n) is 4.70. The van der Waals surface area contributed by atoms with Crippen LogP contribution in [0.5, 0.6) is 0 Å². The quantitative estimate of drug-likeness (QED) is 0.589. The predicted molar refractivity (Wildman–Crippen MR) is 51.0 cm³/mol. The summed E-state index contributed by atoms with van der Waals surface area (Å²) in [5.74, 6) is 5.94. The monoisotopic (exact) mass is 196 g/mol. The smallest absolute Gasteiger partial charge is 0.154 e. The summed E-state index contributed by atoms with van der Waals surface area (Å²) in [7, 11) is 0. The first kappa shape index (κ1) is 7.10. The molecule has 0 aromatic rings. The molecule has 5 aliphatic rings. The van der Waals surface area contributed by atoms with Crippen molar-refractivity contribution in [2.45, 2.75) is 25.7 Å². The van der Waals surface area contributed by atoms with Gasteiger partial charge in [-0.1, -0.05) is 0 Å². The molecular weight excluding hydrogens is 184 g/mol. The second-order valence-electron chi connectivity index (χ2n) is 5.24. The van der Waals surface area contributed by atoms with Gasteiger partial charge in [0.2, 0.25) is 0 Å². The number of hydrazone groups is 1. The Bertz CT molecular complexity index is 297. The third kappa shape index (κ3) is 0.786. The highest BCUT2D eigenvalue weighted by Crippen LogP contribution is 2.62. The Hall–Kier alpha value is -0.240. The molecule has 0 radical (unpaired) electrons. The van der Waals surface area contributed by atoms with Gasteiger partial charge >= 0.3 is 0 Å². The normalized spacial score (nSPS) is 55.9. The van der Waals surface area contributed by atoms with Crippen molar-refractivity contribution in [1.82, 2.24) is 4.53 Å². The summed E-state index contributed by atoms with van der Waals surface area (Å²) < 4.78 is 1.58. The number of halogens is 1. The molecule has 2 nitrogen and oxygen atoms in total. The van der Waals surface area contributed by atoms with E-state index in [4.69, 9.17) is 11.8 Å². The lowest BCUT2D eigenvalue weighted by molar-refractivity contribution is 0.244. The second kappa shape index (κ2) is 2.05. The van der Waals surface area contributed by atoms with Crippen LogP contribution in [-0.2, 0) is 0 Å².